The van der Waals surface area contributed by atoms with Crippen LogP contribution >= 0.6 is 11.3 Å². The van der Waals surface area contributed by atoms with Crippen molar-refractivity contribution in [2.24, 2.45) is 0 Å². The van der Waals surface area contributed by atoms with Crippen LogP contribution in [-0.4, -0.2) is 21.3 Å². The molecule has 0 unspecified atom stereocenters. The number of aromatic nitrogens is 3. The molecule has 3 aromatic rings. The smallest absolute Gasteiger partial charge is 0.160 e. The maximum absolute atomic E-state index is 10.6. The topological polar surface area (TPSA) is 47.8 Å². The molecule has 0 atom stereocenters. The van der Waals surface area contributed by atoms with Gasteiger partial charge >= 0.3 is 0 Å². The molecule has 0 aliphatic rings. The summed E-state index contributed by atoms with van der Waals surface area (Å²) in [5, 5.41) is 9.03. The molecule has 0 radical (unpaired) electrons. The van der Waals surface area contributed by atoms with E-state index in [2.05, 4.69) is 10.3 Å². The monoisotopic (exact) mass is 229 g/mol. The maximum Gasteiger partial charge on any atom is 0.160 e. The highest BCUT2D eigenvalue weighted by molar-refractivity contribution is 7.16. The number of hydrogen-bond acceptors (Lipinski definition) is 4. The molecule has 16 heavy (non-hydrogen) atoms. The summed E-state index contributed by atoms with van der Waals surface area (Å²) < 4.78 is 1.74. The van der Waals surface area contributed by atoms with Crippen LogP contribution in [0.1, 0.15) is 9.67 Å². The lowest BCUT2D eigenvalue weighted by molar-refractivity contribution is 0.112. The summed E-state index contributed by atoms with van der Waals surface area (Å²) in [6.45, 7) is 0. The van der Waals surface area contributed by atoms with Gasteiger partial charge in [-0.2, -0.15) is 0 Å². The first-order valence-corrected chi connectivity index (χ1v) is 5.56. The number of carbonyl (C=O) groups is 1. The van der Waals surface area contributed by atoms with Gasteiger partial charge in [-0.3, -0.25) is 4.79 Å². The number of nitrogens with zero attached hydrogens (tertiary/aromatic N) is 3. The molecule has 0 bridgehead atoms. The normalized spacial score (nSPS) is 10.8. The zero-order valence-electron chi connectivity index (χ0n) is 8.20. The standard InChI is InChI=1S/C11H7N3OS/c15-7-8-5-6-11(16-8)14-10-4-2-1-3-9(10)12-13-14/h1-7H. The fraction of sp³-hybridized carbons (Fsp3) is 0. The van der Waals surface area contributed by atoms with Gasteiger partial charge in [-0.1, -0.05) is 17.3 Å². The van der Waals surface area contributed by atoms with Crippen LogP contribution in [0.5, 0.6) is 0 Å². The molecular formula is C11H7N3OS. The fourth-order valence-corrected chi connectivity index (χ4v) is 2.33. The molecular weight excluding hydrogens is 222 g/mol. The Morgan fingerprint density at radius 2 is 2.06 bits per heavy atom. The lowest BCUT2D eigenvalue weighted by Gasteiger charge is -1.95. The molecule has 78 valence electrons. The van der Waals surface area contributed by atoms with Gasteiger partial charge in [0.25, 0.3) is 0 Å². The molecule has 5 heteroatoms. The second-order valence-electron chi connectivity index (χ2n) is 3.28. The summed E-state index contributed by atoms with van der Waals surface area (Å²) in [5.41, 5.74) is 1.80. The summed E-state index contributed by atoms with van der Waals surface area (Å²) in [6, 6.07) is 11.4. The molecule has 1 aromatic carbocycles. The first-order chi connectivity index (χ1) is 7.88. The van der Waals surface area contributed by atoms with Gasteiger partial charge in [-0.05, 0) is 24.3 Å². The van der Waals surface area contributed by atoms with E-state index in [9.17, 15) is 4.79 Å². The molecule has 0 fully saturated rings. The van der Waals surface area contributed by atoms with Gasteiger partial charge < -0.3 is 0 Å². The number of thiophene rings is 1. The van der Waals surface area contributed by atoms with E-state index in [-0.39, 0.29) is 0 Å². The maximum atomic E-state index is 10.6. The lowest BCUT2D eigenvalue weighted by atomic mass is 10.3. The van der Waals surface area contributed by atoms with E-state index in [1.165, 1.54) is 11.3 Å². The lowest BCUT2D eigenvalue weighted by Crippen LogP contribution is -1.92. The molecule has 0 amide bonds. The van der Waals surface area contributed by atoms with Crippen LogP contribution in [0.15, 0.2) is 36.4 Å². The molecule has 0 saturated heterocycles. The first-order valence-electron chi connectivity index (χ1n) is 4.74. The SMILES string of the molecule is O=Cc1ccc(-n2nnc3ccccc32)s1. The van der Waals surface area contributed by atoms with E-state index in [0.29, 0.717) is 4.88 Å². The van der Waals surface area contributed by atoms with Crippen molar-refractivity contribution in [3.05, 3.63) is 41.3 Å². The third-order valence-corrected chi connectivity index (χ3v) is 3.28. The van der Waals surface area contributed by atoms with E-state index < -0.39 is 0 Å². The predicted octanol–water partition coefficient (Wildman–Crippen LogP) is 2.29. The minimum atomic E-state index is 0.689. The molecule has 0 aliphatic carbocycles. The molecule has 2 aromatic heterocycles. The van der Waals surface area contributed by atoms with Crippen molar-refractivity contribution in [2.75, 3.05) is 0 Å². The van der Waals surface area contributed by atoms with Crippen molar-refractivity contribution in [3.63, 3.8) is 0 Å². The summed E-state index contributed by atoms with van der Waals surface area (Å²) >= 11 is 1.40. The van der Waals surface area contributed by atoms with Crippen molar-refractivity contribution in [3.8, 4) is 5.00 Å². The van der Waals surface area contributed by atoms with Crippen LogP contribution in [0.25, 0.3) is 16.0 Å². The van der Waals surface area contributed by atoms with Crippen LogP contribution in [0, 0.1) is 0 Å². The van der Waals surface area contributed by atoms with Crippen molar-refractivity contribution >= 4 is 28.7 Å². The first kappa shape index (κ1) is 9.23. The number of fused-ring (bicyclic) bond motifs is 1. The van der Waals surface area contributed by atoms with Gasteiger partial charge in [0.15, 0.2) is 6.29 Å². The molecule has 0 aliphatic heterocycles. The molecule has 0 N–H and O–H groups in total. The van der Waals surface area contributed by atoms with Crippen LogP contribution < -0.4 is 0 Å². The van der Waals surface area contributed by atoms with Crippen molar-refractivity contribution in [1.29, 1.82) is 0 Å². The average Bonchev–Trinajstić information content (AvgIpc) is 2.94. The molecule has 0 saturated carbocycles. The van der Waals surface area contributed by atoms with Gasteiger partial charge in [-0.15, -0.1) is 16.4 Å². The summed E-state index contributed by atoms with van der Waals surface area (Å²) in [6.07, 6.45) is 0.841. The Bertz CT molecular complexity index is 656. The number of para-hydroxylation sites is 1. The third-order valence-electron chi connectivity index (χ3n) is 2.29. The molecule has 4 nitrogen and oxygen atoms in total. The number of benzene rings is 1. The van der Waals surface area contributed by atoms with E-state index >= 15 is 0 Å². The van der Waals surface area contributed by atoms with Gasteiger partial charge in [0, 0.05) is 0 Å². The zero-order chi connectivity index (χ0) is 11.0. The fourth-order valence-electron chi connectivity index (χ4n) is 1.55. The minimum absolute atomic E-state index is 0.689. The van der Waals surface area contributed by atoms with Gasteiger partial charge in [0.2, 0.25) is 0 Å². The molecule has 3 rings (SSSR count). The van der Waals surface area contributed by atoms with Crippen LogP contribution in [0.2, 0.25) is 0 Å². The summed E-state index contributed by atoms with van der Waals surface area (Å²) in [4.78, 5) is 11.3. The summed E-state index contributed by atoms with van der Waals surface area (Å²) in [7, 11) is 0. The molecule has 2 heterocycles. The van der Waals surface area contributed by atoms with Crippen LogP contribution in [-0.2, 0) is 0 Å². The largest absolute Gasteiger partial charge is 0.297 e. The van der Waals surface area contributed by atoms with E-state index in [1.54, 1.807) is 10.7 Å². The Balaban J connectivity index is 2.21. The van der Waals surface area contributed by atoms with Crippen LogP contribution in [0.3, 0.4) is 0 Å². The highest BCUT2D eigenvalue weighted by atomic mass is 32.1. The molecule has 0 spiro atoms. The number of carbonyl (C=O) groups excluding carboxylic acids is 1. The number of rotatable bonds is 2. The Labute approximate surface area is 95.1 Å². The third kappa shape index (κ3) is 1.33. The highest BCUT2D eigenvalue weighted by Crippen LogP contribution is 2.22. The van der Waals surface area contributed by atoms with Gasteiger partial charge in [-0.25, -0.2) is 4.68 Å². The Hall–Kier alpha value is -2.01. The predicted molar refractivity (Wildman–Crippen MR) is 62.1 cm³/mol. The van der Waals surface area contributed by atoms with Crippen LogP contribution in [0.4, 0.5) is 0 Å². The Morgan fingerprint density at radius 1 is 1.19 bits per heavy atom. The van der Waals surface area contributed by atoms with Crippen molar-refractivity contribution in [2.45, 2.75) is 0 Å². The van der Waals surface area contributed by atoms with E-state index in [0.717, 1.165) is 22.3 Å². The van der Waals surface area contributed by atoms with E-state index in [4.69, 9.17) is 0 Å². The van der Waals surface area contributed by atoms with E-state index in [1.807, 2.05) is 30.3 Å². The second-order valence-corrected chi connectivity index (χ2v) is 4.38. The van der Waals surface area contributed by atoms with Gasteiger partial charge in [0.05, 0.1) is 10.4 Å². The Morgan fingerprint density at radius 3 is 2.88 bits per heavy atom. The van der Waals surface area contributed by atoms with Gasteiger partial charge in [0.1, 0.15) is 10.5 Å². The number of hydrogen-bond donors (Lipinski definition) is 0. The second kappa shape index (κ2) is 3.53. The average molecular weight is 229 g/mol. The van der Waals surface area contributed by atoms with Crippen molar-refractivity contribution in [1.82, 2.24) is 15.0 Å². The van der Waals surface area contributed by atoms with Crippen molar-refractivity contribution < 1.29 is 4.79 Å². The Kier molecular flexibility index (Phi) is 2.04. The quantitative estimate of drug-likeness (QED) is 0.633. The minimum Gasteiger partial charge on any atom is -0.297 e. The zero-order valence-corrected chi connectivity index (χ0v) is 9.02. The summed E-state index contributed by atoms with van der Waals surface area (Å²) in [5.74, 6) is 0. The highest BCUT2D eigenvalue weighted by Gasteiger charge is 2.07. The number of aldehydes is 1.